The number of amides is 1. The molecule has 0 spiro atoms. The summed E-state index contributed by atoms with van der Waals surface area (Å²) in [5.74, 6) is 1.11. The van der Waals surface area contributed by atoms with E-state index >= 15 is 0 Å². The zero-order valence-electron chi connectivity index (χ0n) is 17.8. The molecule has 0 saturated heterocycles. The molecule has 29 heavy (non-hydrogen) atoms. The SMILES string of the molecule is CCOCCCCNC(=NC)NCc1cccc(NC(=O)C2CCCCC2)c1.I. The zero-order chi connectivity index (χ0) is 20.0. The van der Waals surface area contributed by atoms with Crippen molar-refractivity contribution >= 4 is 41.5 Å². The minimum atomic E-state index is 0. The molecule has 0 aliphatic heterocycles. The number of halogens is 1. The summed E-state index contributed by atoms with van der Waals surface area (Å²) in [6.07, 6.45) is 7.70. The van der Waals surface area contributed by atoms with Crippen LogP contribution in [-0.2, 0) is 16.1 Å². The average Bonchev–Trinajstić information content (AvgIpc) is 2.73. The van der Waals surface area contributed by atoms with Gasteiger partial charge in [-0.2, -0.15) is 0 Å². The van der Waals surface area contributed by atoms with E-state index in [1.165, 1.54) is 19.3 Å². The highest BCUT2D eigenvalue weighted by Gasteiger charge is 2.20. The van der Waals surface area contributed by atoms with Crippen molar-refractivity contribution in [2.75, 3.05) is 32.1 Å². The second-order valence-electron chi connectivity index (χ2n) is 7.28. The normalized spacial score (nSPS) is 14.8. The topological polar surface area (TPSA) is 74.8 Å². The Hall–Kier alpha value is -1.35. The quantitative estimate of drug-likeness (QED) is 0.188. The molecule has 1 aromatic carbocycles. The predicted molar refractivity (Wildman–Crippen MR) is 131 cm³/mol. The molecule has 0 radical (unpaired) electrons. The maximum absolute atomic E-state index is 12.4. The molecule has 1 fully saturated rings. The van der Waals surface area contributed by atoms with Crippen LogP contribution in [0.25, 0.3) is 0 Å². The lowest BCUT2D eigenvalue weighted by molar-refractivity contribution is -0.120. The van der Waals surface area contributed by atoms with Crippen LogP contribution in [0.4, 0.5) is 5.69 Å². The third kappa shape index (κ3) is 10.3. The van der Waals surface area contributed by atoms with Crippen molar-refractivity contribution in [2.24, 2.45) is 10.9 Å². The van der Waals surface area contributed by atoms with Gasteiger partial charge in [0.1, 0.15) is 0 Å². The zero-order valence-corrected chi connectivity index (χ0v) is 20.2. The number of ether oxygens (including phenoxy) is 1. The van der Waals surface area contributed by atoms with Crippen molar-refractivity contribution in [1.29, 1.82) is 0 Å². The van der Waals surface area contributed by atoms with Gasteiger partial charge in [0.05, 0.1) is 0 Å². The first-order chi connectivity index (χ1) is 13.7. The monoisotopic (exact) mass is 516 g/mol. The van der Waals surface area contributed by atoms with Crippen molar-refractivity contribution in [3.8, 4) is 0 Å². The van der Waals surface area contributed by atoms with Gasteiger partial charge in [0.25, 0.3) is 0 Å². The van der Waals surface area contributed by atoms with Gasteiger partial charge in [0.2, 0.25) is 5.91 Å². The van der Waals surface area contributed by atoms with Crippen LogP contribution in [0.2, 0.25) is 0 Å². The van der Waals surface area contributed by atoms with Crippen molar-refractivity contribution < 1.29 is 9.53 Å². The molecular formula is C22H37IN4O2. The van der Waals surface area contributed by atoms with E-state index in [2.05, 4.69) is 27.0 Å². The van der Waals surface area contributed by atoms with E-state index in [0.717, 1.165) is 62.7 Å². The van der Waals surface area contributed by atoms with Crippen LogP contribution in [0.3, 0.4) is 0 Å². The molecule has 7 heteroatoms. The standard InChI is InChI=1S/C22H36N4O2.HI/c1-3-28-15-8-7-14-24-22(23-2)25-17-18-10-9-13-20(16-18)26-21(27)19-11-5-4-6-12-19;/h9-10,13,16,19H,3-8,11-12,14-15,17H2,1-2H3,(H,26,27)(H2,23,24,25);1H. The summed E-state index contributed by atoms with van der Waals surface area (Å²) in [4.78, 5) is 16.7. The molecule has 1 saturated carbocycles. The first-order valence-electron chi connectivity index (χ1n) is 10.6. The third-order valence-corrected chi connectivity index (χ3v) is 5.07. The summed E-state index contributed by atoms with van der Waals surface area (Å²) < 4.78 is 5.35. The Morgan fingerprint density at radius 3 is 2.69 bits per heavy atom. The Morgan fingerprint density at radius 1 is 1.17 bits per heavy atom. The molecule has 0 bridgehead atoms. The van der Waals surface area contributed by atoms with Crippen LogP contribution >= 0.6 is 24.0 Å². The summed E-state index contributed by atoms with van der Waals surface area (Å²) in [5.41, 5.74) is 1.98. The highest BCUT2D eigenvalue weighted by Crippen LogP contribution is 2.25. The van der Waals surface area contributed by atoms with Crippen molar-refractivity contribution in [1.82, 2.24) is 10.6 Å². The Kier molecular flexibility index (Phi) is 13.7. The van der Waals surface area contributed by atoms with E-state index < -0.39 is 0 Å². The van der Waals surface area contributed by atoms with Gasteiger partial charge in [-0.3, -0.25) is 9.79 Å². The summed E-state index contributed by atoms with van der Waals surface area (Å²) in [7, 11) is 1.77. The van der Waals surface area contributed by atoms with E-state index in [0.29, 0.717) is 6.54 Å². The predicted octanol–water partition coefficient (Wildman–Crippen LogP) is 4.31. The number of rotatable bonds is 10. The largest absolute Gasteiger partial charge is 0.382 e. The summed E-state index contributed by atoms with van der Waals surface area (Å²) in [6, 6.07) is 8.02. The van der Waals surface area contributed by atoms with Gasteiger partial charge in [0.15, 0.2) is 5.96 Å². The molecule has 0 heterocycles. The van der Waals surface area contributed by atoms with Crippen LogP contribution in [0.1, 0.15) is 57.4 Å². The van der Waals surface area contributed by atoms with E-state index in [9.17, 15) is 4.79 Å². The molecule has 1 aromatic rings. The number of hydrogen-bond donors (Lipinski definition) is 3. The summed E-state index contributed by atoms with van der Waals surface area (Å²) >= 11 is 0. The van der Waals surface area contributed by atoms with E-state index in [1.54, 1.807) is 7.05 Å². The fourth-order valence-corrected chi connectivity index (χ4v) is 3.45. The van der Waals surface area contributed by atoms with Gasteiger partial charge in [-0.05, 0) is 50.3 Å². The van der Waals surface area contributed by atoms with Gasteiger partial charge in [-0.25, -0.2) is 0 Å². The highest BCUT2D eigenvalue weighted by molar-refractivity contribution is 14.0. The van der Waals surface area contributed by atoms with E-state index in [1.807, 2.05) is 25.1 Å². The van der Waals surface area contributed by atoms with E-state index in [4.69, 9.17) is 4.74 Å². The van der Waals surface area contributed by atoms with Gasteiger partial charge < -0.3 is 20.7 Å². The van der Waals surface area contributed by atoms with Crippen molar-refractivity contribution in [3.63, 3.8) is 0 Å². The number of nitrogens with one attached hydrogen (secondary N) is 3. The fraction of sp³-hybridized carbons (Fsp3) is 0.636. The Balaban J connectivity index is 0.00000420. The molecule has 3 N–H and O–H groups in total. The third-order valence-electron chi connectivity index (χ3n) is 5.07. The lowest BCUT2D eigenvalue weighted by Gasteiger charge is -2.21. The Bertz CT molecular complexity index is 619. The lowest BCUT2D eigenvalue weighted by atomic mass is 9.88. The molecule has 0 unspecified atom stereocenters. The van der Waals surface area contributed by atoms with Crippen molar-refractivity contribution in [2.45, 2.75) is 58.4 Å². The maximum atomic E-state index is 12.4. The molecule has 6 nitrogen and oxygen atoms in total. The van der Waals surface area contributed by atoms with Crippen LogP contribution < -0.4 is 16.0 Å². The van der Waals surface area contributed by atoms with Gasteiger partial charge in [-0.15, -0.1) is 24.0 Å². The van der Waals surface area contributed by atoms with E-state index in [-0.39, 0.29) is 35.8 Å². The second-order valence-corrected chi connectivity index (χ2v) is 7.28. The number of hydrogen-bond acceptors (Lipinski definition) is 3. The summed E-state index contributed by atoms with van der Waals surface area (Å²) in [5, 5.41) is 9.73. The number of benzene rings is 1. The molecule has 0 atom stereocenters. The van der Waals surface area contributed by atoms with Crippen LogP contribution in [0.5, 0.6) is 0 Å². The Morgan fingerprint density at radius 2 is 1.97 bits per heavy atom. The van der Waals surface area contributed by atoms with Crippen molar-refractivity contribution in [3.05, 3.63) is 29.8 Å². The van der Waals surface area contributed by atoms with Gasteiger partial charge in [-0.1, -0.05) is 31.4 Å². The minimum absolute atomic E-state index is 0. The maximum Gasteiger partial charge on any atom is 0.227 e. The number of anilines is 1. The number of aliphatic imine (C=N–C) groups is 1. The number of carbonyl (C=O) groups is 1. The van der Waals surface area contributed by atoms with Gasteiger partial charge in [0, 0.05) is 45.0 Å². The number of guanidine groups is 1. The molecule has 2 rings (SSSR count). The fourth-order valence-electron chi connectivity index (χ4n) is 3.45. The van der Waals surface area contributed by atoms with Crippen LogP contribution in [0, 0.1) is 5.92 Å². The molecule has 0 aromatic heterocycles. The molecule has 1 amide bonds. The molecule has 164 valence electrons. The average molecular weight is 516 g/mol. The minimum Gasteiger partial charge on any atom is -0.382 e. The first kappa shape index (κ1) is 25.7. The summed E-state index contributed by atoms with van der Waals surface area (Å²) in [6.45, 7) is 5.12. The Labute approximate surface area is 192 Å². The number of carbonyl (C=O) groups excluding carboxylic acids is 1. The first-order valence-corrected chi connectivity index (χ1v) is 10.6. The highest BCUT2D eigenvalue weighted by atomic mass is 127. The van der Waals surface area contributed by atoms with Crippen LogP contribution in [0.15, 0.2) is 29.3 Å². The molecule has 1 aliphatic rings. The van der Waals surface area contributed by atoms with Gasteiger partial charge >= 0.3 is 0 Å². The molecular weight excluding hydrogens is 479 g/mol. The lowest BCUT2D eigenvalue weighted by Crippen LogP contribution is -2.37. The second kappa shape index (κ2) is 15.5. The number of unbranched alkanes of at least 4 members (excludes halogenated alkanes) is 1. The smallest absolute Gasteiger partial charge is 0.227 e. The molecule has 1 aliphatic carbocycles. The number of nitrogens with zero attached hydrogens (tertiary/aromatic N) is 1. The van der Waals surface area contributed by atoms with Crippen LogP contribution in [-0.4, -0.2) is 38.7 Å².